The van der Waals surface area contributed by atoms with E-state index in [1.54, 1.807) is 50.9 Å². The molecule has 1 amide bonds. The van der Waals surface area contributed by atoms with E-state index in [2.05, 4.69) is 15.3 Å². The van der Waals surface area contributed by atoms with E-state index < -0.39 is 88.8 Å². The van der Waals surface area contributed by atoms with Crippen LogP contribution in [0.2, 0.25) is 5.02 Å². The first-order valence-corrected chi connectivity index (χ1v) is 24.0. The minimum absolute atomic E-state index is 0.0375. The quantitative estimate of drug-likeness (QED) is 0.0448. The van der Waals surface area contributed by atoms with Gasteiger partial charge in [0.05, 0.1) is 64.6 Å². The highest BCUT2D eigenvalue weighted by atomic mass is 35.5. The second-order valence-electron chi connectivity index (χ2n) is 18.8. The Hall–Kier alpha value is -6.37. The number of nitrogens with zero attached hydrogens (tertiary/aromatic N) is 3. The zero-order chi connectivity index (χ0) is 51.6. The van der Waals surface area contributed by atoms with Crippen LogP contribution in [0.4, 0.5) is 5.69 Å². The van der Waals surface area contributed by atoms with Crippen molar-refractivity contribution in [1.82, 2.24) is 9.91 Å². The van der Waals surface area contributed by atoms with Crippen LogP contribution in [0.3, 0.4) is 0 Å². The van der Waals surface area contributed by atoms with Gasteiger partial charge in [-0.1, -0.05) is 69.7 Å². The number of phenols is 3. The molecule has 5 bridgehead atoms. The van der Waals surface area contributed by atoms with E-state index in [0.717, 1.165) is 11.3 Å². The number of allylic oxidation sites excluding steroid dienone is 2. The molecular weight excluding hydrogens is 936 g/mol. The summed E-state index contributed by atoms with van der Waals surface area (Å²) < 4.78 is 29.9. The van der Waals surface area contributed by atoms with E-state index in [1.807, 2.05) is 30.3 Å². The minimum Gasteiger partial charge on any atom is -0.507 e. The fourth-order valence-electron chi connectivity index (χ4n) is 9.51. The second kappa shape index (κ2) is 21.5. The van der Waals surface area contributed by atoms with Crippen LogP contribution < -0.4 is 10.1 Å². The average molecular weight is 1000 g/mol. The van der Waals surface area contributed by atoms with Gasteiger partial charge in [0, 0.05) is 92.9 Å². The third-order valence-corrected chi connectivity index (χ3v) is 14.2. The molecule has 0 spiro atoms. The zero-order valence-electron chi connectivity index (χ0n) is 41.3. The van der Waals surface area contributed by atoms with Crippen molar-refractivity contribution >= 4 is 51.9 Å². The number of ether oxygens (including phenoxy) is 4. The van der Waals surface area contributed by atoms with Gasteiger partial charge in [-0.3, -0.25) is 24.3 Å². The van der Waals surface area contributed by atoms with E-state index in [4.69, 9.17) is 35.0 Å². The van der Waals surface area contributed by atoms with Gasteiger partial charge in [-0.05, 0) is 44.2 Å². The van der Waals surface area contributed by atoms with E-state index in [-0.39, 0.29) is 44.5 Å². The van der Waals surface area contributed by atoms with Gasteiger partial charge in [0.1, 0.15) is 34.9 Å². The lowest BCUT2D eigenvalue weighted by Gasteiger charge is -2.38. The molecule has 0 saturated carbocycles. The van der Waals surface area contributed by atoms with Crippen molar-refractivity contribution in [3.8, 4) is 34.3 Å². The molecule has 3 aromatic carbocycles. The first-order valence-electron chi connectivity index (χ1n) is 23.6. The van der Waals surface area contributed by atoms with Crippen molar-refractivity contribution in [1.29, 1.82) is 0 Å². The lowest BCUT2D eigenvalue weighted by Crippen LogP contribution is -2.46. The summed E-state index contributed by atoms with van der Waals surface area (Å²) in [6, 6.07) is 11.3. The van der Waals surface area contributed by atoms with Gasteiger partial charge >= 0.3 is 11.8 Å². The van der Waals surface area contributed by atoms with Crippen LogP contribution in [-0.2, 0) is 30.3 Å². The van der Waals surface area contributed by atoms with Crippen LogP contribution in [0.25, 0.3) is 22.1 Å². The summed E-state index contributed by atoms with van der Waals surface area (Å²) in [4.78, 5) is 43.2. The summed E-state index contributed by atoms with van der Waals surface area (Å²) in [5.74, 6) is -7.19. The van der Waals surface area contributed by atoms with Crippen molar-refractivity contribution < 1.29 is 63.3 Å². The fourth-order valence-corrected chi connectivity index (χ4v) is 9.74. The highest BCUT2D eigenvalue weighted by Crippen LogP contribution is 2.55. The molecule has 0 radical (unpaired) electrons. The van der Waals surface area contributed by atoms with Gasteiger partial charge in [-0.15, -0.1) is 0 Å². The molecule has 1 aromatic heterocycles. The van der Waals surface area contributed by atoms with Crippen LogP contribution in [-0.4, -0.2) is 123 Å². The van der Waals surface area contributed by atoms with Crippen molar-refractivity contribution in [2.24, 2.45) is 28.8 Å². The van der Waals surface area contributed by atoms with Crippen LogP contribution in [0.5, 0.6) is 23.0 Å². The number of hydrogen-bond acceptors (Lipinski definition) is 16. The largest absolute Gasteiger partial charge is 0.507 e. The summed E-state index contributed by atoms with van der Waals surface area (Å²) in [5.41, 5.74) is 0.317. The molecule has 0 unspecified atom stereocenters. The first kappa shape index (κ1) is 52.5. The smallest absolute Gasteiger partial charge is 0.312 e. The molecule has 4 aliphatic rings. The van der Waals surface area contributed by atoms with Gasteiger partial charge in [0.2, 0.25) is 0 Å². The van der Waals surface area contributed by atoms with E-state index >= 15 is 0 Å². The van der Waals surface area contributed by atoms with Gasteiger partial charge < -0.3 is 54.2 Å². The standard InChI is InChI=1S/C53H63ClN4O13/c1-27-13-12-14-28(2)52(66)56-43-36(25-55-58-22-20-57(21-23-58)26-34-17-18-39(70-34)35-15-10-11-16-37(35)54)47(63)40-41(48(43)64)46(62)32(6)50-42(40)51(65)53(8,71-50)68-24-19-38(67-9)29(3)49(69-33(7)59)31(5)45(61)30(4)44(27)60/h10-19,24-25,27,29-31,38,44-45,49,60-64H,20-23,26H2,1-9H3,(H,56,66)/b13-12+,24-19+,28-14-,55-25+/t27-,29+,30+,31+,38-,44-,45+,49+,53-/m0/s1. The number of anilines is 1. The Morgan fingerprint density at radius 2 is 1.63 bits per heavy atom. The highest BCUT2D eigenvalue weighted by Gasteiger charge is 2.50. The number of Topliss-reactive ketones (excluding diaryl/α,β-unsaturated/α-hetero) is 1. The number of rotatable bonds is 7. The average Bonchev–Trinajstić information content (AvgIpc) is 3.91. The lowest BCUT2D eigenvalue weighted by atomic mass is 9.78. The number of ketones is 1. The number of furan rings is 1. The third kappa shape index (κ3) is 10.7. The van der Waals surface area contributed by atoms with Crippen molar-refractivity contribution in [2.45, 2.75) is 92.1 Å². The maximum atomic E-state index is 14.6. The Kier molecular flexibility index (Phi) is 15.9. The number of hydrazone groups is 1. The number of halogens is 1. The summed E-state index contributed by atoms with van der Waals surface area (Å²) in [6.45, 7) is 15.1. The van der Waals surface area contributed by atoms with E-state index in [9.17, 15) is 39.9 Å². The molecule has 6 N–H and O–H groups in total. The number of aliphatic hydroxyl groups is 2. The van der Waals surface area contributed by atoms with Crippen LogP contribution in [0.15, 0.2) is 82.1 Å². The Labute approximate surface area is 417 Å². The topological polar surface area (TPSA) is 233 Å². The van der Waals surface area contributed by atoms with E-state index in [1.165, 1.54) is 59.4 Å². The molecule has 5 heterocycles. The summed E-state index contributed by atoms with van der Waals surface area (Å²) in [5, 5.41) is 68.3. The van der Waals surface area contributed by atoms with Gasteiger partial charge in [-0.25, -0.2) is 0 Å². The predicted molar refractivity (Wildman–Crippen MR) is 267 cm³/mol. The van der Waals surface area contributed by atoms with Crippen LogP contribution in [0.1, 0.15) is 75.7 Å². The van der Waals surface area contributed by atoms with Crippen LogP contribution >= 0.6 is 11.6 Å². The number of benzene rings is 3. The fraction of sp³-hybridized carbons (Fsp3) is 0.434. The number of piperazine rings is 1. The Morgan fingerprint density at radius 1 is 0.930 bits per heavy atom. The van der Waals surface area contributed by atoms with E-state index in [0.29, 0.717) is 43.5 Å². The highest BCUT2D eigenvalue weighted by molar-refractivity contribution is 6.33. The number of amides is 1. The molecular formula is C53H63ClN4O13. The van der Waals surface area contributed by atoms with Crippen molar-refractivity contribution in [2.75, 3.05) is 38.6 Å². The summed E-state index contributed by atoms with van der Waals surface area (Å²) in [7, 11) is 1.43. The number of aliphatic hydroxyl groups excluding tert-OH is 2. The molecule has 4 aromatic rings. The van der Waals surface area contributed by atoms with Crippen molar-refractivity contribution in [3.63, 3.8) is 0 Å². The van der Waals surface area contributed by atoms with Gasteiger partial charge in [-0.2, -0.15) is 5.10 Å². The molecule has 380 valence electrons. The zero-order valence-corrected chi connectivity index (χ0v) is 42.1. The molecule has 71 heavy (non-hydrogen) atoms. The Balaban J connectivity index is 1.26. The molecule has 1 fully saturated rings. The minimum atomic E-state index is -2.08. The molecule has 8 rings (SSSR count). The number of carbonyl (C=O) groups is 3. The monoisotopic (exact) mass is 998 g/mol. The molecule has 4 aliphatic heterocycles. The number of nitrogens with one attached hydrogen (secondary N) is 1. The SMILES string of the molecule is CO[C@H]1/C=C/O[C@@]2(C)Oc3c(C)c(O)c4c(O)c(c(/C=N/N5CCN(Cc6ccc(-c7ccccc7Cl)o6)CC5)c(O)c4c3C2=O)NC(=O)/C(C)=C\C=C\[C@H](C)[C@H](O)[C@@H](C)[C@@H](O)[C@@H](C)[C@H](OC(C)=O)[C@@H]1C. The number of hydrogen-bond donors (Lipinski definition) is 6. The molecule has 1 saturated heterocycles. The molecule has 18 heteroatoms. The second-order valence-corrected chi connectivity index (χ2v) is 19.2. The number of fused-ring (bicyclic) bond motifs is 14. The Bertz CT molecular complexity index is 2800. The number of methoxy groups -OCH3 is 1. The van der Waals surface area contributed by atoms with Gasteiger partial charge in [0.25, 0.3) is 11.7 Å². The van der Waals surface area contributed by atoms with Gasteiger partial charge in [0.15, 0.2) is 5.75 Å². The normalized spacial score (nSPS) is 28.6. The summed E-state index contributed by atoms with van der Waals surface area (Å²) in [6.07, 6.45) is 4.76. The third-order valence-electron chi connectivity index (χ3n) is 13.9. The maximum Gasteiger partial charge on any atom is 0.312 e. The Morgan fingerprint density at radius 3 is 2.31 bits per heavy atom. The number of phenolic OH excluding ortho intramolecular Hbond substituents is 3. The first-order chi connectivity index (χ1) is 33.7. The maximum absolute atomic E-state index is 14.6. The molecule has 17 nitrogen and oxygen atoms in total. The molecule has 9 atom stereocenters. The number of carbonyl (C=O) groups excluding carboxylic acids is 3. The summed E-state index contributed by atoms with van der Waals surface area (Å²) >= 11 is 6.40. The number of aromatic hydroxyl groups is 3. The van der Waals surface area contributed by atoms with Crippen molar-refractivity contribution in [3.05, 3.63) is 100 Å². The predicted octanol–water partition coefficient (Wildman–Crippen LogP) is 7.82. The van der Waals surface area contributed by atoms with Crippen LogP contribution in [0, 0.1) is 30.6 Å². The molecule has 0 aliphatic carbocycles. The number of esters is 1. The lowest BCUT2D eigenvalue weighted by molar-refractivity contribution is -0.160.